The minimum Gasteiger partial charge on any atom is -0.350 e. The van der Waals surface area contributed by atoms with Gasteiger partial charge in [0.25, 0.3) is 0 Å². The molecule has 2 atom stereocenters. The molecular formula is C18H30N2O. The van der Waals surface area contributed by atoms with Gasteiger partial charge in [-0.2, -0.15) is 0 Å². The Morgan fingerprint density at radius 1 is 1.19 bits per heavy atom. The third-order valence-electron chi connectivity index (χ3n) is 4.01. The summed E-state index contributed by atoms with van der Waals surface area (Å²) in [6.07, 6.45) is 4.89. The number of benzene rings is 1. The maximum Gasteiger partial charge on any atom is 0.220 e. The SMILES string of the molecule is CCCC(CCN)CCC(=O)N[C@@H](C)c1ccc(C)cc1. The van der Waals surface area contributed by atoms with E-state index in [4.69, 9.17) is 5.73 Å². The van der Waals surface area contributed by atoms with Gasteiger partial charge in [0.05, 0.1) is 6.04 Å². The largest absolute Gasteiger partial charge is 0.350 e. The van der Waals surface area contributed by atoms with E-state index in [-0.39, 0.29) is 11.9 Å². The molecule has 0 saturated heterocycles. The molecule has 0 aromatic heterocycles. The molecule has 0 heterocycles. The predicted molar refractivity (Wildman–Crippen MR) is 89.0 cm³/mol. The van der Waals surface area contributed by atoms with Crippen LogP contribution in [0.1, 0.15) is 63.1 Å². The lowest BCUT2D eigenvalue weighted by molar-refractivity contribution is -0.122. The maximum absolute atomic E-state index is 12.1. The van der Waals surface area contributed by atoms with Crippen molar-refractivity contribution >= 4 is 5.91 Å². The van der Waals surface area contributed by atoms with Gasteiger partial charge in [0, 0.05) is 6.42 Å². The summed E-state index contributed by atoms with van der Waals surface area (Å²) in [6, 6.07) is 8.38. The molecule has 0 aliphatic heterocycles. The Balaban J connectivity index is 2.40. The van der Waals surface area contributed by atoms with Crippen molar-refractivity contribution in [1.29, 1.82) is 0 Å². The third kappa shape index (κ3) is 6.76. The predicted octanol–water partition coefficient (Wildman–Crippen LogP) is 3.72. The lowest BCUT2D eigenvalue weighted by Gasteiger charge is -2.17. The van der Waals surface area contributed by atoms with Gasteiger partial charge in [-0.15, -0.1) is 0 Å². The Morgan fingerprint density at radius 3 is 2.43 bits per heavy atom. The molecule has 1 unspecified atom stereocenters. The zero-order valence-corrected chi connectivity index (χ0v) is 13.7. The second-order valence-electron chi connectivity index (χ2n) is 5.97. The summed E-state index contributed by atoms with van der Waals surface area (Å²) < 4.78 is 0. The summed E-state index contributed by atoms with van der Waals surface area (Å²) in [5.74, 6) is 0.724. The fourth-order valence-electron chi connectivity index (χ4n) is 2.66. The summed E-state index contributed by atoms with van der Waals surface area (Å²) in [4.78, 5) is 12.1. The lowest BCUT2D eigenvalue weighted by Crippen LogP contribution is -2.27. The van der Waals surface area contributed by atoms with Crippen molar-refractivity contribution < 1.29 is 4.79 Å². The first-order chi connectivity index (χ1) is 10.1. The zero-order chi connectivity index (χ0) is 15.7. The first kappa shape index (κ1) is 17.7. The highest BCUT2D eigenvalue weighted by atomic mass is 16.1. The van der Waals surface area contributed by atoms with Crippen molar-refractivity contribution in [2.24, 2.45) is 11.7 Å². The van der Waals surface area contributed by atoms with Gasteiger partial charge in [0.1, 0.15) is 0 Å². The minimum atomic E-state index is 0.0669. The Labute approximate surface area is 129 Å². The van der Waals surface area contributed by atoms with Crippen molar-refractivity contribution in [2.75, 3.05) is 6.54 Å². The van der Waals surface area contributed by atoms with Gasteiger partial charge >= 0.3 is 0 Å². The van der Waals surface area contributed by atoms with Gasteiger partial charge in [-0.1, -0.05) is 49.6 Å². The fraction of sp³-hybridized carbons (Fsp3) is 0.611. The van der Waals surface area contributed by atoms with Gasteiger partial charge in [-0.25, -0.2) is 0 Å². The van der Waals surface area contributed by atoms with Crippen LogP contribution < -0.4 is 11.1 Å². The maximum atomic E-state index is 12.1. The number of hydrogen-bond donors (Lipinski definition) is 2. The molecule has 1 aromatic carbocycles. The third-order valence-corrected chi connectivity index (χ3v) is 4.01. The number of carbonyl (C=O) groups is 1. The first-order valence-corrected chi connectivity index (χ1v) is 8.12. The molecule has 1 aromatic rings. The van der Waals surface area contributed by atoms with E-state index in [1.807, 2.05) is 6.92 Å². The van der Waals surface area contributed by atoms with E-state index in [1.165, 1.54) is 5.56 Å². The number of nitrogens with one attached hydrogen (secondary N) is 1. The first-order valence-electron chi connectivity index (χ1n) is 8.12. The van der Waals surface area contributed by atoms with Crippen LogP contribution in [0.4, 0.5) is 0 Å². The van der Waals surface area contributed by atoms with Gasteiger partial charge in [-0.05, 0) is 44.7 Å². The molecule has 1 amide bonds. The average Bonchev–Trinajstić information content (AvgIpc) is 2.46. The Bertz CT molecular complexity index is 408. The second kappa shape index (κ2) is 9.56. The molecule has 3 N–H and O–H groups in total. The smallest absolute Gasteiger partial charge is 0.220 e. The highest BCUT2D eigenvalue weighted by Gasteiger charge is 2.12. The normalized spacial score (nSPS) is 13.7. The van der Waals surface area contributed by atoms with Crippen molar-refractivity contribution in [3.8, 4) is 0 Å². The van der Waals surface area contributed by atoms with E-state index in [9.17, 15) is 4.79 Å². The standard InChI is InChI=1S/C18H30N2O/c1-4-5-16(12-13-19)8-11-18(21)20-15(3)17-9-6-14(2)7-10-17/h6-7,9-10,15-16H,4-5,8,11-13,19H2,1-3H3,(H,20,21)/t15-,16?/m0/s1. The molecule has 0 aliphatic carbocycles. The number of carbonyl (C=O) groups excluding carboxylic acids is 1. The number of aryl methyl sites for hydroxylation is 1. The van der Waals surface area contributed by atoms with E-state index in [0.717, 1.165) is 31.2 Å². The Hall–Kier alpha value is -1.35. The van der Waals surface area contributed by atoms with E-state index >= 15 is 0 Å². The summed E-state index contributed by atoms with van der Waals surface area (Å²) in [5.41, 5.74) is 8.03. The number of hydrogen-bond acceptors (Lipinski definition) is 2. The molecule has 0 saturated carbocycles. The quantitative estimate of drug-likeness (QED) is 0.728. The molecule has 0 bridgehead atoms. The molecule has 3 heteroatoms. The van der Waals surface area contributed by atoms with Gasteiger partial charge < -0.3 is 11.1 Å². The topological polar surface area (TPSA) is 55.1 Å². The molecule has 0 aliphatic rings. The molecule has 0 fully saturated rings. The number of nitrogens with two attached hydrogens (primary N) is 1. The Kier molecular flexibility index (Phi) is 8.06. The van der Waals surface area contributed by atoms with Crippen molar-refractivity contribution in [1.82, 2.24) is 5.32 Å². The van der Waals surface area contributed by atoms with Crippen LogP contribution in [0.3, 0.4) is 0 Å². The minimum absolute atomic E-state index is 0.0669. The van der Waals surface area contributed by atoms with Crippen LogP contribution >= 0.6 is 0 Å². The van der Waals surface area contributed by atoms with Gasteiger partial charge in [-0.3, -0.25) is 4.79 Å². The monoisotopic (exact) mass is 290 g/mol. The highest BCUT2D eigenvalue weighted by Crippen LogP contribution is 2.18. The molecular weight excluding hydrogens is 260 g/mol. The van der Waals surface area contributed by atoms with E-state index in [2.05, 4.69) is 43.4 Å². The highest BCUT2D eigenvalue weighted by molar-refractivity contribution is 5.76. The van der Waals surface area contributed by atoms with Gasteiger partial charge in [0.15, 0.2) is 0 Å². The van der Waals surface area contributed by atoms with Crippen molar-refractivity contribution in [3.63, 3.8) is 0 Å². The zero-order valence-electron chi connectivity index (χ0n) is 13.7. The Morgan fingerprint density at radius 2 is 1.86 bits per heavy atom. The van der Waals surface area contributed by atoms with Gasteiger partial charge in [0.2, 0.25) is 5.91 Å². The summed E-state index contributed by atoms with van der Waals surface area (Å²) >= 11 is 0. The van der Waals surface area contributed by atoms with Crippen LogP contribution in [0.2, 0.25) is 0 Å². The summed E-state index contributed by atoms with van der Waals surface area (Å²) in [7, 11) is 0. The van der Waals surface area contributed by atoms with Crippen LogP contribution in [0.5, 0.6) is 0 Å². The summed E-state index contributed by atoms with van der Waals surface area (Å²) in [5, 5.41) is 3.09. The van der Waals surface area contributed by atoms with Crippen LogP contribution in [-0.2, 0) is 4.79 Å². The van der Waals surface area contributed by atoms with Crippen molar-refractivity contribution in [3.05, 3.63) is 35.4 Å². The second-order valence-corrected chi connectivity index (χ2v) is 5.97. The van der Waals surface area contributed by atoms with Crippen LogP contribution in [0, 0.1) is 12.8 Å². The molecule has 21 heavy (non-hydrogen) atoms. The number of amides is 1. The molecule has 0 spiro atoms. The molecule has 118 valence electrons. The van der Waals surface area contributed by atoms with E-state index in [0.29, 0.717) is 18.9 Å². The summed E-state index contributed by atoms with van der Waals surface area (Å²) in [6.45, 7) is 7.00. The van der Waals surface area contributed by atoms with Crippen LogP contribution in [-0.4, -0.2) is 12.5 Å². The van der Waals surface area contributed by atoms with E-state index < -0.39 is 0 Å². The molecule has 1 rings (SSSR count). The van der Waals surface area contributed by atoms with Crippen molar-refractivity contribution in [2.45, 2.75) is 58.9 Å². The van der Waals surface area contributed by atoms with Crippen LogP contribution in [0.15, 0.2) is 24.3 Å². The molecule has 0 radical (unpaired) electrons. The number of rotatable bonds is 9. The lowest BCUT2D eigenvalue weighted by atomic mass is 9.94. The molecule has 3 nitrogen and oxygen atoms in total. The fourth-order valence-corrected chi connectivity index (χ4v) is 2.66. The average molecular weight is 290 g/mol. The van der Waals surface area contributed by atoms with Crippen LogP contribution in [0.25, 0.3) is 0 Å². The van der Waals surface area contributed by atoms with E-state index in [1.54, 1.807) is 0 Å².